The Hall–Kier alpha value is 0.590. The van der Waals surface area contributed by atoms with Crippen LogP contribution >= 0.6 is 11.3 Å². The molecule has 1 heterocycles. The predicted molar refractivity (Wildman–Crippen MR) is 20.9 cm³/mol. The molecule has 4 heteroatoms. The number of H-pyrrole nitrogens is 1. The second-order valence-corrected chi connectivity index (χ2v) is 1.50. The Bertz CT molecular complexity index is 69.4. The van der Waals surface area contributed by atoms with Gasteiger partial charge in [-0.25, -0.2) is 4.98 Å². The number of hydrogen-bond acceptors (Lipinski definition) is 1. The molecule has 1 rings (SSSR count). The van der Waals surface area contributed by atoms with Crippen molar-refractivity contribution in [2.75, 3.05) is 0 Å². The van der Waals surface area contributed by atoms with Gasteiger partial charge in [0.25, 0.3) is 0 Å². The van der Waals surface area contributed by atoms with Gasteiger partial charge >= 0.3 is 0 Å². The van der Waals surface area contributed by atoms with Crippen molar-refractivity contribution < 1.29 is 38.9 Å². The van der Waals surface area contributed by atoms with Crippen molar-refractivity contribution >= 4 is 11.3 Å². The molecular weight excluding hydrogens is 242 g/mol. The van der Waals surface area contributed by atoms with Crippen molar-refractivity contribution in [3.05, 3.63) is 17.1 Å². The van der Waals surface area contributed by atoms with Crippen molar-refractivity contribution in [2.24, 2.45) is 0 Å². The van der Waals surface area contributed by atoms with E-state index in [-0.39, 0.29) is 34.0 Å². The molecule has 0 aromatic carbocycles. The van der Waals surface area contributed by atoms with Crippen molar-refractivity contribution in [1.82, 2.24) is 0 Å². The standard InChI is InChI=1S/C3H3NS.2BrH/c1-2-5-3-4-1;;/h1-3H;2*1H/p-1. The van der Waals surface area contributed by atoms with E-state index in [1.807, 2.05) is 17.1 Å². The average molecular weight is 246 g/mol. The van der Waals surface area contributed by atoms with Gasteiger partial charge in [0.1, 0.15) is 0 Å². The van der Waals surface area contributed by atoms with Crippen LogP contribution in [-0.4, -0.2) is 0 Å². The molecule has 42 valence electrons. The van der Waals surface area contributed by atoms with E-state index in [0.717, 1.165) is 0 Å². The Morgan fingerprint density at radius 2 is 2.00 bits per heavy atom. The summed E-state index contributed by atoms with van der Waals surface area (Å²) >= 11 is 1.66. The third-order valence-corrected chi connectivity index (χ3v) is 0.944. The van der Waals surface area contributed by atoms with Gasteiger partial charge in [0, 0.05) is 0 Å². The lowest BCUT2D eigenvalue weighted by Gasteiger charge is -1.32. The largest absolute Gasteiger partial charge is 1.00 e. The Morgan fingerprint density at radius 1 is 1.29 bits per heavy atom. The zero-order chi connectivity index (χ0) is 3.54. The summed E-state index contributed by atoms with van der Waals surface area (Å²) in [5.74, 6) is 0. The molecule has 0 aliphatic heterocycles. The van der Waals surface area contributed by atoms with Gasteiger partial charge in [0.2, 0.25) is 5.51 Å². The fraction of sp³-hybridized carbons (Fsp3) is 0. The van der Waals surface area contributed by atoms with Crippen molar-refractivity contribution in [2.45, 2.75) is 0 Å². The SMILES string of the molecule is [Br-].[Br-].c1csc[nH+]1. The number of aromatic nitrogens is 1. The molecule has 1 N–H and O–H groups in total. The average Bonchev–Trinajstić information content (AvgIpc) is 1.76. The molecule has 1 aromatic heterocycles. The zero-order valence-electron chi connectivity index (χ0n) is 3.40. The van der Waals surface area contributed by atoms with Gasteiger partial charge in [-0.1, -0.05) is 11.3 Å². The summed E-state index contributed by atoms with van der Waals surface area (Å²) in [4.78, 5) is 2.88. The highest BCUT2D eigenvalue weighted by Gasteiger charge is 1.68. The van der Waals surface area contributed by atoms with Crippen LogP contribution < -0.4 is 38.9 Å². The molecule has 0 aliphatic carbocycles. The maximum absolute atomic E-state index is 2.88. The van der Waals surface area contributed by atoms with Gasteiger partial charge in [-0.05, 0) is 0 Å². The summed E-state index contributed by atoms with van der Waals surface area (Å²) in [6, 6.07) is 0. The van der Waals surface area contributed by atoms with Crippen LogP contribution in [0.4, 0.5) is 0 Å². The molecule has 1 aromatic rings. The highest BCUT2D eigenvalue weighted by molar-refractivity contribution is 7.07. The number of nitrogens with one attached hydrogen (secondary N) is 1. The minimum absolute atomic E-state index is 0. The topological polar surface area (TPSA) is 14.1 Å². The third kappa shape index (κ3) is 4.44. The van der Waals surface area contributed by atoms with Crippen LogP contribution in [0.15, 0.2) is 17.1 Å². The molecule has 1 nitrogen and oxygen atoms in total. The number of hydrogen-bond donors (Lipinski definition) is 0. The Labute approximate surface area is 67.3 Å². The van der Waals surface area contributed by atoms with Crippen LogP contribution in [0.25, 0.3) is 0 Å². The van der Waals surface area contributed by atoms with E-state index in [2.05, 4.69) is 4.98 Å². The van der Waals surface area contributed by atoms with Crippen LogP contribution in [0.2, 0.25) is 0 Å². The molecule has 0 unspecified atom stereocenters. The van der Waals surface area contributed by atoms with Gasteiger partial charge in [-0.15, -0.1) is 0 Å². The summed E-state index contributed by atoms with van der Waals surface area (Å²) in [7, 11) is 0. The van der Waals surface area contributed by atoms with Crippen LogP contribution in [0, 0.1) is 0 Å². The van der Waals surface area contributed by atoms with Crippen molar-refractivity contribution in [3.63, 3.8) is 0 Å². The van der Waals surface area contributed by atoms with E-state index in [4.69, 9.17) is 0 Å². The summed E-state index contributed by atoms with van der Waals surface area (Å²) in [6.07, 6.45) is 1.89. The monoisotopic (exact) mass is 244 g/mol. The maximum atomic E-state index is 2.88. The van der Waals surface area contributed by atoms with Crippen molar-refractivity contribution in [1.29, 1.82) is 0 Å². The predicted octanol–water partition coefficient (Wildman–Crippen LogP) is -5.43. The molecule has 0 spiro atoms. The number of rotatable bonds is 0. The smallest absolute Gasteiger partial charge is 0.222 e. The molecule has 0 radical (unpaired) electrons. The minimum atomic E-state index is 0. The molecule has 0 fully saturated rings. The van der Waals surface area contributed by atoms with Crippen LogP contribution in [-0.2, 0) is 0 Å². The molecule has 0 atom stereocenters. The van der Waals surface area contributed by atoms with Gasteiger partial charge in [-0.2, -0.15) is 0 Å². The van der Waals surface area contributed by atoms with Crippen molar-refractivity contribution in [3.8, 4) is 0 Å². The molecule has 0 saturated carbocycles. The summed E-state index contributed by atoms with van der Waals surface area (Å²) in [6.45, 7) is 0. The first-order valence-electron chi connectivity index (χ1n) is 1.38. The normalized spacial score (nSPS) is 5.71. The third-order valence-electron chi connectivity index (χ3n) is 0.379. The van der Waals surface area contributed by atoms with Gasteiger partial charge in [0.05, 0.1) is 5.38 Å². The number of thiazole rings is 1. The quantitative estimate of drug-likeness (QED) is 0.434. The second-order valence-electron chi connectivity index (χ2n) is 0.723. The molecule has 0 saturated heterocycles. The Kier molecular flexibility index (Phi) is 9.93. The number of halogens is 2. The molecular formula is C3H4Br2NS-. The summed E-state index contributed by atoms with van der Waals surface area (Å²) in [5, 5.41) is 1.99. The van der Waals surface area contributed by atoms with E-state index in [9.17, 15) is 0 Å². The first-order chi connectivity index (χ1) is 2.50. The fourth-order valence-electron chi connectivity index (χ4n) is 0.196. The zero-order valence-corrected chi connectivity index (χ0v) is 7.38. The first-order valence-corrected chi connectivity index (χ1v) is 2.32. The Balaban J connectivity index is 0. The van der Waals surface area contributed by atoms with Gasteiger partial charge < -0.3 is 34.0 Å². The van der Waals surface area contributed by atoms with E-state index >= 15 is 0 Å². The van der Waals surface area contributed by atoms with Crippen LogP contribution in [0.5, 0.6) is 0 Å². The van der Waals surface area contributed by atoms with Crippen LogP contribution in [0.3, 0.4) is 0 Å². The fourth-order valence-corrected chi connectivity index (χ4v) is 0.589. The maximum Gasteiger partial charge on any atom is 0.222 e. The van der Waals surface area contributed by atoms with E-state index in [1.54, 1.807) is 11.3 Å². The minimum Gasteiger partial charge on any atom is -1.00 e. The highest BCUT2D eigenvalue weighted by atomic mass is 79.9. The van der Waals surface area contributed by atoms with E-state index < -0.39 is 0 Å². The second kappa shape index (κ2) is 6.59. The molecule has 0 aliphatic rings. The summed E-state index contributed by atoms with van der Waals surface area (Å²) < 4.78 is 0. The van der Waals surface area contributed by atoms with Gasteiger partial charge in [0.15, 0.2) is 6.20 Å². The lowest BCUT2D eigenvalue weighted by atomic mass is 11.0. The number of aromatic amines is 1. The summed E-state index contributed by atoms with van der Waals surface area (Å²) in [5.41, 5.74) is 1.92. The molecule has 7 heavy (non-hydrogen) atoms. The van der Waals surface area contributed by atoms with Gasteiger partial charge in [-0.3, -0.25) is 0 Å². The van der Waals surface area contributed by atoms with Crippen LogP contribution in [0.1, 0.15) is 0 Å². The molecule has 0 bridgehead atoms. The lowest BCUT2D eigenvalue weighted by molar-refractivity contribution is -0.370. The highest BCUT2D eigenvalue weighted by Crippen LogP contribution is 1.80. The first kappa shape index (κ1) is 10.5. The Morgan fingerprint density at radius 3 is 2.14 bits per heavy atom. The molecule has 0 amide bonds. The van der Waals surface area contributed by atoms with E-state index in [0.29, 0.717) is 0 Å². The lowest BCUT2D eigenvalue weighted by Crippen LogP contribution is -3.00. The van der Waals surface area contributed by atoms with E-state index in [1.165, 1.54) is 0 Å².